The van der Waals surface area contributed by atoms with Gasteiger partial charge in [0.15, 0.2) is 5.82 Å². The average Bonchev–Trinajstić information content (AvgIpc) is 2.55. The lowest BCUT2D eigenvalue weighted by atomic mass is 10.1. The molecule has 24 heavy (non-hydrogen) atoms. The van der Waals surface area contributed by atoms with Gasteiger partial charge in [-0.2, -0.15) is 4.31 Å². The highest BCUT2D eigenvalue weighted by Crippen LogP contribution is 2.30. The number of hydrogen-bond acceptors (Lipinski definition) is 6. The molecule has 2 aliphatic heterocycles. The normalized spacial score (nSPS) is 22.0. The molecule has 0 atom stereocenters. The number of rotatable bonds is 3. The molecule has 7 nitrogen and oxygen atoms in total. The molecule has 2 N–H and O–H groups in total. The minimum Gasteiger partial charge on any atom is -0.396 e. The zero-order valence-electron chi connectivity index (χ0n) is 13.9. The van der Waals surface area contributed by atoms with Crippen molar-refractivity contribution in [3.8, 4) is 0 Å². The zero-order valence-corrected chi connectivity index (χ0v) is 14.7. The van der Waals surface area contributed by atoms with E-state index >= 15 is 0 Å². The van der Waals surface area contributed by atoms with Gasteiger partial charge in [0.1, 0.15) is 0 Å². The van der Waals surface area contributed by atoms with Gasteiger partial charge in [0.25, 0.3) is 0 Å². The number of piperazine rings is 1. The maximum Gasteiger partial charge on any atom is 0.217 e. The lowest BCUT2D eigenvalue weighted by Crippen LogP contribution is -2.52. The van der Waals surface area contributed by atoms with Gasteiger partial charge in [-0.1, -0.05) is 0 Å². The molecular formula is C15H24FN5O2S. The van der Waals surface area contributed by atoms with Crippen LogP contribution in [0.2, 0.25) is 0 Å². The van der Waals surface area contributed by atoms with E-state index in [2.05, 4.69) is 9.88 Å². The smallest absolute Gasteiger partial charge is 0.217 e. The van der Waals surface area contributed by atoms with Gasteiger partial charge < -0.3 is 15.5 Å². The van der Waals surface area contributed by atoms with E-state index in [1.807, 2.05) is 11.9 Å². The second-order valence-corrected chi connectivity index (χ2v) is 8.71. The fraction of sp³-hybridized carbons (Fsp3) is 0.667. The third-order valence-corrected chi connectivity index (χ3v) is 7.30. The molecule has 2 saturated heterocycles. The van der Waals surface area contributed by atoms with Crippen molar-refractivity contribution in [1.82, 2.24) is 14.2 Å². The minimum atomic E-state index is -3.29. The third-order valence-electron chi connectivity index (χ3n) is 4.90. The first kappa shape index (κ1) is 17.4. The van der Waals surface area contributed by atoms with E-state index < -0.39 is 21.1 Å². The molecule has 0 aliphatic carbocycles. The van der Waals surface area contributed by atoms with E-state index in [-0.39, 0.29) is 5.69 Å². The van der Waals surface area contributed by atoms with Crippen LogP contribution in [0.5, 0.6) is 0 Å². The molecule has 0 spiro atoms. The second-order valence-electron chi connectivity index (χ2n) is 6.49. The van der Waals surface area contributed by atoms with Gasteiger partial charge in [-0.3, -0.25) is 4.98 Å². The Morgan fingerprint density at radius 2 is 1.75 bits per heavy atom. The predicted octanol–water partition coefficient (Wildman–Crippen LogP) is 0.349. The van der Waals surface area contributed by atoms with Crippen molar-refractivity contribution in [2.75, 3.05) is 56.9 Å². The summed E-state index contributed by atoms with van der Waals surface area (Å²) in [4.78, 5) is 7.68. The Labute approximate surface area is 142 Å². The van der Waals surface area contributed by atoms with Gasteiger partial charge in [-0.15, -0.1) is 0 Å². The molecule has 3 rings (SSSR count). The summed E-state index contributed by atoms with van der Waals surface area (Å²) in [5, 5.41) is -0.400. The largest absolute Gasteiger partial charge is 0.396 e. The third kappa shape index (κ3) is 3.33. The van der Waals surface area contributed by atoms with Crippen LogP contribution >= 0.6 is 0 Å². The number of anilines is 2. The fourth-order valence-corrected chi connectivity index (χ4v) is 5.31. The van der Waals surface area contributed by atoms with Crippen molar-refractivity contribution in [2.45, 2.75) is 18.1 Å². The van der Waals surface area contributed by atoms with E-state index in [0.717, 1.165) is 19.3 Å². The first-order chi connectivity index (χ1) is 11.4. The van der Waals surface area contributed by atoms with Gasteiger partial charge in [0.2, 0.25) is 10.0 Å². The molecule has 2 aliphatic rings. The molecule has 0 amide bonds. The SMILES string of the molecule is CN1CCN(S(=O)(=O)C2CCN(c3c(N)cncc3F)CC2)CC1. The summed E-state index contributed by atoms with van der Waals surface area (Å²) in [6, 6.07) is 0. The van der Waals surface area contributed by atoms with Crippen molar-refractivity contribution < 1.29 is 12.8 Å². The first-order valence-electron chi connectivity index (χ1n) is 8.21. The first-order valence-corrected chi connectivity index (χ1v) is 9.71. The lowest BCUT2D eigenvalue weighted by molar-refractivity contribution is 0.220. The molecule has 2 fully saturated rings. The zero-order chi connectivity index (χ0) is 17.3. The van der Waals surface area contributed by atoms with Crippen LogP contribution in [0.25, 0.3) is 0 Å². The number of aromatic nitrogens is 1. The van der Waals surface area contributed by atoms with Crippen LogP contribution in [0.3, 0.4) is 0 Å². The van der Waals surface area contributed by atoms with Crippen LogP contribution in [0.15, 0.2) is 12.4 Å². The fourth-order valence-electron chi connectivity index (χ4n) is 3.41. The van der Waals surface area contributed by atoms with E-state index in [1.54, 1.807) is 4.31 Å². The number of nitrogen functional groups attached to an aromatic ring is 1. The molecule has 3 heterocycles. The standard InChI is InChI=1S/C15H24FN5O2S/c1-19-6-8-21(9-7-19)24(22,23)12-2-4-20(5-3-12)15-13(16)10-18-11-14(15)17/h10-12H,2-9,17H2,1H3. The topological polar surface area (TPSA) is 82.8 Å². The Morgan fingerprint density at radius 3 is 2.33 bits per heavy atom. The molecule has 0 bridgehead atoms. The van der Waals surface area contributed by atoms with Gasteiger partial charge in [-0.25, -0.2) is 12.8 Å². The van der Waals surface area contributed by atoms with Gasteiger partial charge in [0.05, 0.1) is 29.0 Å². The van der Waals surface area contributed by atoms with Crippen LogP contribution in [-0.2, 0) is 10.0 Å². The summed E-state index contributed by atoms with van der Waals surface area (Å²) in [5.41, 5.74) is 6.45. The van der Waals surface area contributed by atoms with Crippen LogP contribution in [0.4, 0.5) is 15.8 Å². The van der Waals surface area contributed by atoms with Crippen LogP contribution in [-0.4, -0.2) is 74.2 Å². The van der Waals surface area contributed by atoms with E-state index in [1.165, 1.54) is 6.20 Å². The molecule has 1 aromatic rings. The number of nitrogens with two attached hydrogens (primary N) is 1. The highest BCUT2D eigenvalue weighted by molar-refractivity contribution is 7.89. The highest BCUT2D eigenvalue weighted by atomic mass is 32.2. The Kier molecular flexibility index (Phi) is 4.93. The minimum absolute atomic E-state index is 0.287. The number of sulfonamides is 1. The summed E-state index contributed by atoms with van der Waals surface area (Å²) in [5.74, 6) is -0.463. The van der Waals surface area contributed by atoms with Gasteiger partial charge in [-0.05, 0) is 19.9 Å². The summed E-state index contributed by atoms with van der Waals surface area (Å²) in [6.45, 7) is 3.56. The molecule has 9 heteroatoms. The van der Waals surface area contributed by atoms with Crippen molar-refractivity contribution in [3.63, 3.8) is 0 Å². The van der Waals surface area contributed by atoms with E-state index in [9.17, 15) is 12.8 Å². The number of pyridine rings is 1. The summed E-state index contributed by atoms with van der Waals surface area (Å²) < 4.78 is 41.2. The van der Waals surface area contributed by atoms with Crippen molar-refractivity contribution >= 4 is 21.4 Å². The Morgan fingerprint density at radius 1 is 1.12 bits per heavy atom. The van der Waals surface area contributed by atoms with E-state index in [4.69, 9.17) is 5.73 Å². The quantitative estimate of drug-likeness (QED) is 0.840. The molecule has 0 radical (unpaired) electrons. The Bertz CT molecular complexity index is 663. The van der Waals surface area contributed by atoms with Crippen molar-refractivity contribution in [1.29, 1.82) is 0 Å². The molecule has 0 saturated carbocycles. The highest BCUT2D eigenvalue weighted by Gasteiger charge is 2.36. The molecule has 0 aromatic carbocycles. The Balaban J connectivity index is 1.66. The van der Waals surface area contributed by atoms with Crippen molar-refractivity contribution in [2.24, 2.45) is 0 Å². The number of halogens is 1. The summed E-state index contributed by atoms with van der Waals surface area (Å²) >= 11 is 0. The molecule has 1 aromatic heterocycles. The second kappa shape index (κ2) is 6.81. The predicted molar refractivity (Wildman–Crippen MR) is 91.8 cm³/mol. The molecular weight excluding hydrogens is 333 g/mol. The lowest BCUT2D eigenvalue weighted by Gasteiger charge is -2.38. The van der Waals surface area contributed by atoms with Crippen LogP contribution in [0, 0.1) is 5.82 Å². The van der Waals surface area contributed by atoms with Crippen LogP contribution < -0.4 is 10.6 Å². The summed E-state index contributed by atoms with van der Waals surface area (Å²) in [7, 11) is -1.30. The Hall–Kier alpha value is -1.45. The van der Waals surface area contributed by atoms with Gasteiger partial charge in [0, 0.05) is 39.3 Å². The maximum absolute atomic E-state index is 14.0. The van der Waals surface area contributed by atoms with Crippen molar-refractivity contribution in [3.05, 3.63) is 18.2 Å². The van der Waals surface area contributed by atoms with Gasteiger partial charge >= 0.3 is 0 Å². The van der Waals surface area contributed by atoms with E-state index in [0.29, 0.717) is 44.7 Å². The number of hydrogen-bond donors (Lipinski definition) is 1. The average molecular weight is 357 g/mol. The number of piperidine rings is 1. The molecule has 134 valence electrons. The molecule has 0 unspecified atom stereocenters. The van der Waals surface area contributed by atoms with Crippen LogP contribution in [0.1, 0.15) is 12.8 Å². The summed E-state index contributed by atoms with van der Waals surface area (Å²) in [6.07, 6.45) is 3.52. The number of nitrogens with zero attached hydrogens (tertiary/aromatic N) is 4. The number of likely N-dealkylation sites (N-methyl/N-ethyl adjacent to an activating group) is 1. The maximum atomic E-state index is 14.0. The monoisotopic (exact) mass is 357 g/mol.